The Morgan fingerprint density at radius 3 is 2.49 bits per heavy atom. The van der Waals surface area contributed by atoms with Crippen LogP contribution < -0.4 is 14.9 Å². The highest BCUT2D eigenvalue weighted by molar-refractivity contribution is 8.00. The molecule has 0 bridgehead atoms. The molecule has 0 aromatic heterocycles. The van der Waals surface area contributed by atoms with E-state index in [1.807, 2.05) is 72.5 Å². The molecule has 8 heteroatoms. The maximum Gasteiger partial charge on any atom is 0.271 e. The van der Waals surface area contributed by atoms with E-state index >= 15 is 0 Å². The third-order valence-corrected chi connectivity index (χ3v) is 7.16. The summed E-state index contributed by atoms with van der Waals surface area (Å²) in [6, 6.07) is 22.9. The number of fused-ring (bicyclic) bond motifs is 1. The highest BCUT2D eigenvalue weighted by Gasteiger charge is 2.32. The summed E-state index contributed by atoms with van der Waals surface area (Å²) in [5.41, 5.74) is 6.70. The van der Waals surface area contributed by atoms with Crippen molar-refractivity contribution >= 4 is 29.3 Å². The number of amides is 2. The molecule has 1 atom stereocenters. The van der Waals surface area contributed by atoms with Crippen LogP contribution in [0.2, 0.25) is 0 Å². The number of carbonyl (C=O) groups is 2. The van der Waals surface area contributed by atoms with E-state index in [4.69, 9.17) is 9.47 Å². The number of rotatable bonds is 6. The number of benzene rings is 3. The smallest absolute Gasteiger partial charge is 0.271 e. The molecule has 3 aromatic carbocycles. The number of hydrogen-bond donors (Lipinski definition) is 1. The van der Waals surface area contributed by atoms with E-state index in [9.17, 15) is 9.59 Å². The third-order valence-electron chi connectivity index (χ3n) is 5.91. The lowest BCUT2D eigenvalue weighted by molar-refractivity contribution is -0.128. The average Bonchev–Trinajstić information content (AvgIpc) is 3.27. The molecule has 2 aliphatic heterocycles. The van der Waals surface area contributed by atoms with Gasteiger partial charge in [-0.2, -0.15) is 5.10 Å². The Bertz CT molecular complexity index is 1260. The largest absolute Gasteiger partial charge is 0.486 e. The Kier molecular flexibility index (Phi) is 6.72. The predicted octanol–water partition coefficient (Wildman–Crippen LogP) is 4.39. The van der Waals surface area contributed by atoms with Crippen molar-refractivity contribution in [3.8, 4) is 11.5 Å². The minimum absolute atomic E-state index is 0.0738. The second kappa shape index (κ2) is 10.2. The summed E-state index contributed by atoms with van der Waals surface area (Å²) in [6.45, 7) is 3.43. The summed E-state index contributed by atoms with van der Waals surface area (Å²) < 4.78 is 11.2. The zero-order valence-electron chi connectivity index (χ0n) is 19.3. The zero-order valence-corrected chi connectivity index (χ0v) is 20.1. The lowest BCUT2D eigenvalue weighted by Gasteiger charge is -2.24. The second-order valence-electron chi connectivity index (χ2n) is 8.29. The number of carbonyl (C=O) groups excluding carboxylic acids is 2. The van der Waals surface area contributed by atoms with Crippen LogP contribution in [0.1, 0.15) is 39.3 Å². The van der Waals surface area contributed by atoms with Gasteiger partial charge in [-0.15, -0.1) is 11.8 Å². The topological polar surface area (TPSA) is 80.2 Å². The van der Waals surface area contributed by atoms with Gasteiger partial charge in [0.2, 0.25) is 5.91 Å². The van der Waals surface area contributed by atoms with Crippen LogP contribution in [-0.4, -0.2) is 41.4 Å². The first-order valence-electron chi connectivity index (χ1n) is 11.4. The van der Waals surface area contributed by atoms with Crippen molar-refractivity contribution in [2.45, 2.75) is 18.8 Å². The van der Waals surface area contributed by atoms with E-state index in [2.05, 4.69) is 10.5 Å². The summed E-state index contributed by atoms with van der Waals surface area (Å²) in [5, 5.41) is 4.18. The van der Waals surface area contributed by atoms with Gasteiger partial charge in [-0.3, -0.25) is 9.59 Å². The quantitative estimate of drug-likeness (QED) is 0.412. The molecule has 0 radical (unpaired) electrons. The lowest BCUT2D eigenvalue weighted by atomic mass is 10.1. The molecule has 0 spiro atoms. The maximum atomic E-state index is 12.7. The molecule has 3 aromatic rings. The van der Waals surface area contributed by atoms with Gasteiger partial charge < -0.3 is 14.4 Å². The summed E-state index contributed by atoms with van der Waals surface area (Å²) in [5.74, 6) is 1.66. The summed E-state index contributed by atoms with van der Waals surface area (Å²) in [7, 11) is 0. The van der Waals surface area contributed by atoms with Crippen LogP contribution in [0.15, 0.2) is 77.9 Å². The van der Waals surface area contributed by atoms with Gasteiger partial charge in [-0.05, 0) is 48.4 Å². The van der Waals surface area contributed by atoms with Crippen LogP contribution in [0, 0.1) is 0 Å². The van der Waals surface area contributed by atoms with E-state index < -0.39 is 0 Å². The summed E-state index contributed by atoms with van der Waals surface area (Å²) in [4.78, 5) is 27.0. The SMILES string of the molecule is C/C(=N/NC(=O)c1ccc([C@H]2SCC(=O)N2Cc2ccccc2)cc1)c1ccc2c(c1)OCCO2. The Morgan fingerprint density at radius 2 is 1.71 bits per heavy atom. The monoisotopic (exact) mass is 487 g/mol. The first-order chi connectivity index (χ1) is 17.1. The fourth-order valence-corrected chi connectivity index (χ4v) is 5.20. The van der Waals surface area contributed by atoms with Crippen LogP contribution in [-0.2, 0) is 11.3 Å². The van der Waals surface area contributed by atoms with Crippen molar-refractivity contribution in [2.24, 2.45) is 5.10 Å². The van der Waals surface area contributed by atoms with E-state index in [-0.39, 0.29) is 17.2 Å². The number of thioether (sulfide) groups is 1. The molecule has 35 heavy (non-hydrogen) atoms. The molecule has 2 aliphatic rings. The van der Waals surface area contributed by atoms with Gasteiger partial charge in [0, 0.05) is 17.7 Å². The normalized spacial score (nSPS) is 17.4. The van der Waals surface area contributed by atoms with Crippen molar-refractivity contribution < 1.29 is 19.1 Å². The third kappa shape index (κ3) is 5.17. The van der Waals surface area contributed by atoms with Gasteiger partial charge in [0.15, 0.2) is 11.5 Å². The molecule has 0 saturated carbocycles. The number of ether oxygens (including phenoxy) is 2. The number of nitrogens with one attached hydrogen (secondary N) is 1. The van der Waals surface area contributed by atoms with E-state index in [0.717, 1.165) is 16.7 Å². The Labute approximate surface area is 208 Å². The number of nitrogens with zero attached hydrogens (tertiary/aromatic N) is 2. The molecule has 2 heterocycles. The van der Waals surface area contributed by atoms with Crippen LogP contribution in [0.4, 0.5) is 0 Å². The molecule has 2 amide bonds. The molecule has 0 unspecified atom stereocenters. The average molecular weight is 488 g/mol. The molecule has 1 saturated heterocycles. The van der Waals surface area contributed by atoms with E-state index in [0.29, 0.717) is 48.3 Å². The Hall–Kier alpha value is -3.78. The Balaban J connectivity index is 1.24. The molecule has 0 aliphatic carbocycles. The molecule has 5 rings (SSSR count). The van der Waals surface area contributed by atoms with Gasteiger partial charge in [0.05, 0.1) is 11.5 Å². The molecular weight excluding hydrogens is 462 g/mol. The van der Waals surface area contributed by atoms with Gasteiger partial charge in [-0.25, -0.2) is 5.43 Å². The molecule has 178 valence electrons. The highest BCUT2D eigenvalue weighted by Crippen LogP contribution is 2.39. The van der Waals surface area contributed by atoms with Crippen molar-refractivity contribution in [3.63, 3.8) is 0 Å². The fourth-order valence-electron chi connectivity index (χ4n) is 4.01. The number of hydrazone groups is 1. The van der Waals surface area contributed by atoms with Crippen LogP contribution in [0.3, 0.4) is 0 Å². The first kappa shape index (κ1) is 23.0. The molecular formula is C27H25N3O4S. The van der Waals surface area contributed by atoms with Gasteiger partial charge in [-0.1, -0.05) is 42.5 Å². The summed E-state index contributed by atoms with van der Waals surface area (Å²) in [6.07, 6.45) is 0. The minimum Gasteiger partial charge on any atom is -0.486 e. The molecule has 1 N–H and O–H groups in total. The van der Waals surface area contributed by atoms with Gasteiger partial charge in [0.25, 0.3) is 5.91 Å². The predicted molar refractivity (Wildman–Crippen MR) is 136 cm³/mol. The lowest BCUT2D eigenvalue weighted by Crippen LogP contribution is -2.27. The maximum absolute atomic E-state index is 12.7. The van der Waals surface area contributed by atoms with Gasteiger partial charge >= 0.3 is 0 Å². The van der Waals surface area contributed by atoms with Crippen molar-refractivity contribution in [1.82, 2.24) is 10.3 Å². The number of hydrogen-bond acceptors (Lipinski definition) is 6. The molecule has 7 nitrogen and oxygen atoms in total. The first-order valence-corrected chi connectivity index (χ1v) is 12.4. The van der Waals surface area contributed by atoms with Crippen LogP contribution in [0.25, 0.3) is 0 Å². The van der Waals surface area contributed by atoms with Crippen LogP contribution in [0.5, 0.6) is 11.5 Å². The van der Waals surface area contributed by atoms with E-state index in [1.54, 1.807) is 23.9 Å². The standard InChI is InChI=1S/C27H25N3O4S/c1-18(22-11-12-23-24(15-22)34-14-13-33-23)28-29-26(32)20-7-9-21(10-8-20)27-30(25(31)17-35-27)16-19-5-3-2-4-6-19/h2-12,15,27H,13-14,16-17H2,1H3,(H,29,32)/b28-18-/t27-/m1/s1. The van der Waals surface area contributed by atoms with E-state index in [1.165, 1.54) is 0 Å². The summed E-state index contributed by atoms with van der Waals surface area (Å²) >= 11 is 1.60. The Morgan fingerprint density at radius 1 is 1.00 bits per heavy atom. The van der Waals surface area contributed by atoms with Crippen LogP contribution >= 0.6 is 11.8 Å². The van der Waals surface area contributed by atoms with Gasteiger partial charge in [0.1, 0.15) is 18.6 Å². The van der Waals surface area contributed by atoms with Crippen molar-refractivity contribution in [2.75, 3.05) is 19.0 Å². The van der Waals surface area contributed by atoms with Crippen molar-refractivity contribution in [1.29, 1.82) is 0 Å². The second-order valence-corrected chi connectivity index (χ2v) is 9.36. The molecule has 1 fully saturated rings. The highest BCUT2D eigenvalue weighted by atomic mass is 32.2. The minimum atomic E-state index is -0.301. The fraction of sp³-hybridized carbons (Fsp3) is 0.222. The van der Waals surface area contributed by atoms with Crippen molar-refractivity contribution in [3.05, 3.63) is 95.1 Å². The zero-order chi connectivity index (χ0) is 24.2.